The summed E-state index contributed by atoms with van der Waals surface area (Å²) >= 11 is 0. The van der Waals surface area contributed by atoms with E-state index in [1.54, 1.807) is 0 Å². The van der Waals surface area contributed by atoms with E-state index in [0.29, 0.717) is 13.2 Å². The van der Waals surface area contributed by atoms with E-state index < -0.39 is 0 Å². The highest BCUT2D eigenvalue weighted by molar-refractivity contribution is 5.75. The van der Waals surface area contributed by atoms with Gasteiger partial charge in [-0.25, -0.2) is 0 Å². The van der Waals surface area contributed by atoms with Gasteiger partial charge in [-0.05, 0) is 18.1 Å². The van der Waals surface area contributed by atoms with Gasteiger partial charge in [0.05, 0.1) is 0 Å². The first-order valence-corrected chi connectivity index (χ1v) is 6.73. The smallest absolute Gasteiger partial charge is 0.323 e. The molecule has 1 unspecified atom stereocenters. The number of hydrogen-bond acceptors (Lipinski definition) is 3. The summed E-state index contributed by atoms with van der Waals surface area (Å²) in [5, 5.41) is 3.16. The molecule has 2 aromatic carbocycles. The van der Waals surface area contributed by atoms with Gasteiger partial charge < -0.3 is 10.1 Å². The van der Waals surface area contributed by atoms with Gasteiger partial charge >= 0.3 is 5.97 Å². The summed E-state index contributed by atoms with van der Waals surface area (Å²) in [4.78, 5) is 11.9. The van der Waals surface area contributed by atoms with E-state index in [1.807, 2.05) is 67.6 Å². The third kappa shape index (κ3) is 4.52. The third-order valence-electron chi connectivity index (χ3n) is 3.03. The first-order valence-electron chi connectivity index (χ1n) is 6.73. The molecule has 0 aromatic heterocycles. The number of esters is 1. The topological polar surface area (TPSA) is 38.3 Å². The quantitative estimate of drug-likeness (QED) is 0.819. The molecule has 0 spiro atoms. The Morgan fingerprint density at radius 1 is 1.00 bits per heavy atom. The van der Waals surface area contributed by atoms with Crippen molar-refractivity contribution >= 4 is 5.97 Å². The van der Waals surface area contributed by atoms with Crippen LogP contribution < -0.4 is 5.32 Å². The van der Waals surface area contributed by atoms with Crippen LogP contribution in [0.1, 0.15) is 18.1 Å². The van der Waals surface area contributed by atoms with Crippen molar-refractivity contribution in [2.24, 2.45) is 0 Å². The molecule has 0 heterocycles. The molecule has 0 radical (unpaired) electrons. The lowest BCUT2D eigenvalue weighted by atomic mass is 10.2. The summed E-state index contributed by atoms with van der Waals surface area (Å²) in [5.41, 5.74) is 2.14. The SMILES string of the molecule is CC(NCc1ccccc1)C(=O)OCc1ccccc1. The number of carbonyl (C=O) groups is 1. The molecule has 0 amide bonds. The summed E-state index contributed by atoms with van der Waals surface area (Å²) in [6.45, 7) is 2.79. The molecule has 0 aliphatic carbocycles. The first kappa shape index (κ1) is 14.3. The van der Waals surface area contributed by atoms with Crippen molar-refractivity contribution in [2.75, 3.05) is 0 Å². The minimum Gasteiger partial charge on any atom is -0.460 e. The number of carbonyl (C=O) groups excluding carboxylic acids is 1. The van der Waals surface area contributed by atoms with Crippen molar-refractivity contribution in [3.05, 3.63) is 71.8 Å². The highest BCUT2D eigenvalue weighted by atomic mass is 16.5. The number of rotatable bonds is 6. The summed E-state index contributed by atoms with van der Waals surface area (Å²) in [7, 11) is 0. The van der Waals surface area contributed by atoms with Gasteiger partial charge in [0, 0.05) is 6.54 Å². The zero-order valence-electron chi connectivity index (χ0n) is 11.6. The van der Waals surface area contributed by atoms with Crippen LogP contribution in [0.3, 0.4) is 0 Å². The number of ether oxygens (including phenoxy) is 1. The van der Waals surface area contributed by atoms with Crippen LogP contribution in [0.4, 0.5) is 0 Å². The van der Waals surface area contributed by atoms with Gasteiger partial charge in [0.1, 0.15) is 12.6 Å². The molecule has 104 valence electrons. The van der Waals surface area contributed by atoms with Crippen LogP contribution in [0.2, 0.25) is 0 Å². The van der Waals surface area contributed by atoms with Gasteiger partial charge in [0.25, 0.3) is 0 Å². The fourth-order valence-corrected chi connectivity index (χ4v) is 1.80. The molecule has 0 bridgehead atoms. The van der Waals surface area contributed by atoms with Crippen molar-refractivity contribution in [3.63, 3.8) is 0 Å². The Balaban J connectivity index is 1.75. The van der Waals surface area contributed by atoms with Gasteiger partial charge in [-0.15, -0.1) is 0 Å². The summed E-state index contributed by atoms with van der Waals surface area (Å²) in [6.07, 6.45) is 0. The van der Waals surface area contributed by atoms with Gasteiger partial charge in [-0.1, -0.05) is 60.7 Å². The van der Waals surface area contributed by atoms with Gasteiger partial charge in [-0.2, -0.15) is 0 Å². The zero-order valence-corrected chi connectivity index (χ0v) is 11.6. The molecule has 3 nitrogen and oxygen atoms in total. The van der Waals surface area contributed by atoms with E-state index in [-0.39, 0.29) is 12.0 Å². The van der Waals surface area contributed by atoms with E-state index in [9.17, 15) is 4.79 Å². The Labute approximate surface area is 119 Å². The van der Waals surface area contributed by atoms with Gasteiger partial charge in [0.2, 0.25) is 0 Å². The predicted molar refractivity (Wildman–Crippen MR) is 79.0 cm³/mol. The molecule has 20 heavy (non-hydrogen) atoms. The van der Waals surface area contributed by atoms with Crippen LogP contribution in [0.5, 0.6) is 0 Å². The average Bonchev–Trinajstić information content (AvgIpc) is 2.52. The lowest BCUT2D eigenvalue weighted by Crippen LogP contribution is -2.34. The molecule has 0 fully saturated rings. The first-order chi connectivity index (χ1) is 9.75. The minimum atomic E-state index is -0.320. The number of benzene rings is 2. The van der Waals surface area contributed by atoms with Crippen LogP contribution in [0.25, 0.3) is 0 Å². The zero-order chi connectivity index (χ0) is 14.2. The van der Waals surface area contributed by atoms with Gasteiger partial charge in [-0.3, -0.25) is 4.79 Å². The van der Waals surface area contributed by atoms with Crippen LogP contribution in [0, 0.1) is 0 Å². The van der Waals surface area contributed by atoms with E-state index >= 15 is 0 Å². The second-order valence-electron chi connectivity index (χ2n) is 4.68. The third-order valence-corrected chi connectivity index (χ3v) is 3.03. The maximum atomic E-state index is 11.9. The molecule has 2 rings (SSSR count). The lowest BCUT2D eigenvalue weighted by Gasteiger charge is -2.13. The molecular formula is C17H19NO2. The van der Waals surface area contributed by atoms with Crippen molar-refractivity contribution in [1.29, 1.82) is 0 Å². The van der Waals surface area contributed by atoms with E-state index in [1.165, 1.54) is 0 Å². The molecule has 1 N–H and O–H groups in total. The van der Waals surface area contributed by atoms with Crippen LogP contribution >= 0.6 is 0 Å². The average molecular weight is 269 g/mol. The van der Waals surface area contributed by atoms with Crippen molar-refractivity contribution in [3.8, 4) is 0 Å². The Morgan fingerprint density at radius 3 is 2.15 bits per heavy atom. The molecule has 0 saturated carbocycles. The molecule has 0 saturated heterocycles. The Kier molecular flexibility index (Phi) is 5.33. The maximum absolute atomic E-state index is 11.9. The number of hydrogen-bond donors (Lipinski definition) is 1. The Bertz CT molecular complexity index is 525. The van der Waals surface area contributed by atoms with Crippen LogP contribution in [-0.2, 0) is 22.7 Å². The van der Waals surface area contributed by atoms with Crippen molar-refractivity contribution in [2.45, 2.75) is 26.1 Å². The molecule has 3 heteroatoms. The second-order valence-corrected chi connectivity index (χ2v) is 4.68. The largest absolute Gasteiger partial charge is 0.460 e. The molecule has 0 aliphatic heterocycles. The van der Waals surface area contributed by atoms with E-state index in [2.05, 4.69) is 5.32 Å². The molecule has 1 atom stereocenters. The van der Waals surface area contributed by atoms with Crippen molar-refractivity contribution in [1.82, 2.24) is 5.32 Å². The van der Waals surface area contributed by atoms with E-state index in [0.717, 1.165) is 11.1 Å². The van der Waals surface area contributed by atoms with E-state index in [4.69, 9.17) is 4.74 Å². The second kappa shape index (κ2) is 7.46. The molecule has 0 aliphatic rings. The van der Waals surface area contributed by atoms with Gasteiger partial charge in [0.15, 0.2) is 0 Å². The normalized spacial score (nSPS) is 11.8. The highest BCUT2D eigenvalue weighted by Crippen LogP contribution is 2.03. The monoisotopic (exact) mass is 269 g/mol. The highest BCUT2D eigenvalue weighted by Gasteiger charge is 2.13. The summed E-state index contributed by atoms with van der Waals surface area (Å²) < 4.78 is 5.28. The Hall–Kier alpha value is -2.13. The van der Waals surface area contributed by atoms with Crippen LogP contribution in [0.15, 0.2) is 60.7 Å². The van der Waals surface area contributed by atoms with Crippen LogP contribution in [-0.4, -0.2) is 12.0 Å². The fourth-order valence-electron chi connectivity index (χ4n) is 1.80. The lowest BCUT2D eigenvalue weighted by molar-refractivity contribution is -0.147. The predicted octanol–water partition coefficient (Wildman–Crippen LogP) is 2.91. The maximum Gasteiger partial charge on any atom is 0.323 e. The van der Waals surface area contributed by atoms with Crippen molar-refractivity contribution < 1.29 is 9.53 Å². The summed E-state index contributed by atoms with van der Waals surface area (Å²) in [5.74, 6) is -0.232. The standard InChI is InChI=1S/C17H19NO2/c1-14(18-12-15-8-4-2-5-9-15)17(19)20-13-16-10-6-3-7-11-16/h2-11,14,18H,12-13H2,1H3. The Morgan fingerprint density at radius 2 is 1.55 bits per heavy atom. The fraction of sp³-hybridized carbons (Fsp3) is 0.235. The number of nitrogens with one attached hydrogen (secondary N) is 1. The summed E-state index contributed by atoms with van der Waals surface area (Å²) in [6, 6.07) is 19.3. The molecular weight excluding hydrogens is 250 g/mol. The minimum absolute atomic E-state index is 0.232. The molecule has 2 aromatic rings.